The molecule has 1 aliphatic heterocycles. The smallest absolute Gasteiger partial charge is 0.410 e. The van der Waals surface area contributed by atoms with Gasteiger partial charge in [0, 0.05) is 6.04 Å². The number of aliphatic hydroxyl groups is 1. The number of carbonyl (C=O) groups is 2. The lowest BCUT2D eigenvalue weighted by molar-refractivity contribution is -0.167. The molecule has 1 rings (SSSR count). The molecule has 0 aromatic carbocycles. The van der Waals surface area contributed by atoms with Crippen molar-refractivity contribution in [2.45, 2.75) is 51.9 Å². The Balaban J connectivity index is 2.67. The van der Waals surface area contributed by atoms with E-state index in [2.05, 4.69) is 6.58 Å². The number of β-amino-alcohol motifs (C(OH)–C–C–N with tert-alkyl or cyclic N) is 1. The van der Waals surface area contributed by atoms with Crippen molar-refractivity contribution < 1.29 is 24.2 Å². The van der Waals surface area contributed by atoms with Gasteiger partial charge in [-0.15, -0.1) is 0 Å². The van der Waals surface area contributed by atoms with Crippen molar-refractivity contribution in [1.29, 1.82) is 0 Å². The summed E-state index contributed by atoms with van der Waals surface area (Å²) in [7, 11) is 0. The average molecular weight is 299 g/mol. The van der Waals surface area contributed by atoms with E-state index >= 15 is 0 Å². The minimum Gasteiger partial charge on any atom is -0.460 e. The first kappa shape index (κ1) is 17.5. The standard InChI is InChI=1S/C15H25NO5/c1-6-7-20-14(19)16-9-12(17)11(8-10(16)2)13(18)21-15(3,4)5/h6,10-12,17H,1,7-9H2,2-5H3/t10-,11?,12?/m1/s1. The molecule has 3 atom stereocenters. The molecule has 1 fully saturated rings. The van der Waals surface area contributed by atoms with E-state index in [0.29, 0.717) is 6.42 Å². The largest absolute Gasteiger partial charge is 0.460 e. The zero-order valence-electron chi connectivity index (χ0n) is 13.2. The van der Waals surface area contributed by atoms with Gasteiger partial charge in [-0.2, -0.15) is 0 Å². The van der Waals surface area contributed by atoms with Crippen LogP contribution in [0, 0.1) is 5.92 Å². The van der Waals surface area contributed by atoms with Crippen molar-refractivity contribution in [3.05, 3.63) is 12.7 Å². The third-order valence-electron chi connectivity index (χ3n) is 3.24. The maximum atomic E-state index is 12.1. The van der Waals surface area contributed by atoms with Crippen LogP contribution in [0.15, 0.2) is 12.7 Å². The van der Waals surface area contributed by atoms with Crippen LogP contribution >= 0.6 is 0 Å². The lowest BCUT2D eigenvalue weighted by atomic mass is 9.89. The number of aliphatic hydroxyl groups excluding tert-OH is 1. The van der Waals surface area contributed by atoms with Gasteiger partial charge < -0.3 is 19.5 Å². The molecule has 1 saturated heterocycles. The Morgan fingerprint density at radius 3 is 2.57 bits per heavy atom. The number of esters is 1. The molecule has 1 heterocycles. The van der Waals surface area contributed by atoms with Crippen molar-refractivity contribution in [1.82, 2.24) is 4.90 Å². The summed E-state index contributed by atoms with van der Waals surface area (Å²) in [6.45, 7) is 10.8. The maximum Gasteiger partial charge on any atom is 0.410 e. The Kier molecular flexibility index (Phi) is 5.78. The van der Waals surface area contributed by atoms with Gasteiger partial charge >= 0.3 is 12.1 Å². The molecule has 0 aromatic rings. The van der Waals surface area contributed by atoms with E-state index in [0.717, 1.165) is 0 Å². The second-order valence-electron chi connectivity index (χ2n) is 6.31. The quantitative estimate of drug-likeness (QED) is 0.634. The van der Waals surface area contributed by atoms with E-state index in [1.54, 1.807) is 20.8 Å². The Morgan fingerprint density at radius 1 is 1.43 bits per heavy atom. The van der Waals surface area contributed by atoms with E-state index in [-0.39, 0.29) is 19.2 Å². The first-order chi connectivity index (χ1) is 9.65. The number of ether oxygens (including phenoxy) is 2. The van der Waals surface area contributed by atoms with Gasteiger partial charge in [-0.05, 0) is 34.1 Å². The predicted octanol–water partition coefficient (Wildman–Crippen LogP) is 1.72. The van der Waals surface area contributed by atoms with Crippen LogP contribution in [0.3, 0.4) is 0 Å². The van der Waals surface area contributed by atoms with Crippen molar-refractivity contribution in [3.63, 3.8) is 0 Å². The molecular formula is C15H25NO5. The predicted molar refractivity (Wildman–Crippen MR) is 77.7 cm³/mol. The lowest BCUT2D eigenvalue weighted by Crippen LogP contribution is -2.54. The van der Waals surface area contributed by atoms with Gasteiger partial charge in [-0.1, -0.05) is 12.7 Å². The van der Waals surface area contributed by atoms with Crippen LogP contribution in [0.5, 0.6) is 0 Å². The fourth-order valence-electron chi connectivity index (χ4n) is 2.26. The third-order valence-corrected chi connectivity index (χ3v) is 3.24. The van der Waals surface area contributed by atoms with Crippen LogP contribution in [0.1, 0.15) is 34.1 Å². The Bertz CT molecular complexity index is 401. The van der Waals surface area contributed by atoms with Crippen LogP contribution in [-0.4, -0.2) is 53.0 Å². The summed E-state index contributed by atoms with van der Waals surface area (Å²) in [5.74, 6) is -1.05. The van der Waals surface area contributed by atoms with Crippen molar-refractivity contribution in [2.75, 3.05) is 13.2 Å². The zero-order valence-corrected chi connectivity index (χ0v) is 13.2. The van der Waals surface area contributed by atoms with Gasteiger partial charge in [0.1, 0.15) is 12.2 Å². The van der Waals surface area contributed by atoms with Crippen LogP contribution in [0.2, 0.25) is 0 Å². The molecule has 0 aliphatic carbocycles. The summed E-state index contributed by atoms with van der Waals surface area (Å²) >= 11 is 0. The van der Waals surface area contributed by atoms with Crippen molar-refractivity contribution in [3.8, 4) is 0 Å². The monoisotopic (exact) mass is 299 g/mol. The van der Waals surface area contributed by atoms with Crippen LogP contribution in [0.25, 0.3) is 0 Å². The Hall–Kier alpha value is -1.56. The summed E-state index contributed by atoms with van der Waals surface area (Å²) in [4.78, 5) is 25.4. The highest BCUT2D eigenvalue weighted by Gasteiger charge is 2.41. The molecule has 0 spiro atoms. The van der Waals surface area contributed by atoms with Crippen LogP contribution < -0.4 is 0 Å². The Labute approximate surface area is 125 Å². The normalized spacial score (nSPS) is 26.1. The van der Waals surface area contributed by atoms with Crippen molar-refractivity contribution >= 4 is 12.1 Å². The molecule has 1 N–H and O–H groups in total. The zero-order chi connectivity index (χ0) is 16.2. The minimum absolute atomic E-state index is 0.0566. The highest BCUT2D eigenvalue weighted by molar-refractivity contribution is 5.75. The number of piperidine rings is 1. The summed E-state index contributed by atoms with van der Waals surface area (Å²) in [6, 6.07) is -0.205. The molecule has 1 amide bonds. The number of carbonyl (C=O) groups excluding carboxylic acids is 2. The highest BCUT2D eigenvalue weighted by atomic mass is 16.6. The maximum absolute atomic E-state index is 12.1. The van der Waals surface area contributed by atoms with Crippen LogP contribution in [-0.2, 0) is 14.3 Å². The van der Waals surface area contributed by atoms with Crippen LogP contribution in [0.4, 0.5) is 4.79 Å². The summed E-state index contributed by atoms with van der Waals surface area (Å²) in [5.41, 5.74) is -0.597. The summed E-state index contributed by atoms with van der Waals surface area (Å²) < 4.78 is 10.3. The second-order valence-corrected chi connectivity index (χ2v) is 6.31. The molecule has 21 heavy (non-hydrogen) atoms. The Morgan fingerprint density at radius 2 is 2.05 bits per heavy atom. The van der Waals surface area contributed by atoms with E-state index in [4.69, 9.17) is 9.47 Å². The number of hydrogen-bond acceptors (Lipinski definition) is 5. The van der Waals surface area contributed by atoms with Gasteiger partial charge in [-0.3, -0.25) is 4.79 Å². The molecule has 1 aliphatic rings. The number of hydrogen-bond donors (Lipinski definition) is 1. The first-order valence-electron chi connectivity index (χ1n) is 7.11. The average Bonchev–Trinajstić information content (AvgIpc) is 2.36. The van der Waals surface area contributed by atoms with Gasteiger partial charge in [0.25, 0.3) is 0 Å². The van der Waals surface area contributed by atoms with Gasteiger partial charge in [0.15, 0.2) is 0 Å². The SMILES string of the molecule is C=CCOC(=O)N1CC(O)C(C(=O)OC(C)(C)C)C[C@H]1C. The molecule has 120 valence electrons. The number of amides is 1. The molecule has 0 radical (unpaired) electrons. The number of likely N-dealkylation sites (tertiary alicyclic amines) is 1. The number of nitrogens with zero attached hydrogens (tertiary/aromatic N) is 1. The van der Waals surface area contributed by atoms with E-state index in [9.17, 15) is 14.7 Å². The summed E-state index contributed by atoms with van der Waals surface area (Å²) in [5, 5.41) is 10.1. The lowest BCUT2D eigenvalue weighted by Gasteiger charge is -2.39. The molecule has 0 saturated carbocycles. The molecule has 0 bridgehead atoms. The summed E-state index contributed by atoms with van der Waals surface area (Å²) in [6.07, 6.45) is 0.363. The molecule has 6 nitrogen and oxygen atoms in total. The van der Waals surface area contributed by atoms with Gasteiger partial charge in [0.05, 0.1) is 18.6 Å². The molecular weight excluding hydrogens is 274 g/mol. The first-order valence-corrected chi connectivity index (χ1v) is 7.11. The third kappa shape index (κ3) is 5.04. The van der Waals surface area contributed by atoms with E-state index in [1.165, 1.54) is 11.0 Å². The topological polar surface area (TPSA) is 76.1 Å². The highest BCUT2D eigenvalue weighted by Crippen LogP contribution is 2.26. The molecule has 2 unspecified atom stereocenters. The van der Waals surface area contributed by atoms with Crippen molar-refractivity contribution in [2.24, 2.45) is 5.92 Å². The van der Waals surface area contributed by atoms with Gasteiger partial charge in [0.2, 0.25) is 0 Å². The minimum atomic E-state index is -0.952. The van der Waals surface area contributed by atoms with E-state index < -0.39 is 29.7 Å². The fourth-order valence-corrected chi connectivity index (χ4v) is 2.26. The number of rotatable bonds is 3. The second kappa shape index (κ2) is 6.93. The molecule has 0 aromatic heterocycles. The molecule has 6 heteroatoms. The fraction of sp³-hybridized carbons (Fsp3) is 0.733. The van der Waals surface area contributed by atoms with E-state index in [1.807, 2.05) is 6.92 Å². The van der Waals surface area contributed by atoms with Gasteiger partial charge in [-0.25, -0.2) is 4.79 Å².